The summed E-state index contributed by atoms with van der Waals surface area (Å²) in [7, 11) is 0. The third-order valence-electron chi connectivity index (χ3n) is 4.00. The molecule has 1 N–H and O–H groups in total. The summed E-state index contributed by atoms with van der Waals surface area (Å²) in [5, 5.41) is 9.08. The number of aromatic nitrogens is 1. The van der Waals surface area contributed by atoms with Crippen LogP contribution in [0.1, 0.15) is 47.1 Å². The van der Waals surface area contributed by atoms with E-state index in [-0.39, 0.29) is 5.89 Å². The highest BCUT2D eigenvalue weighted by molar-refractivity contribution is 5.88. The molecular formula is C16H19NO4. The fraction of sp³-hybridized carbons (Fsp3) is 0.500. The predicted octanol–water partition coefficient (Wildman–Crippen LogP) is 2.98. The van der Waals surface area contributed by atoms with Crippen molar-refractivity contribution in [3.8, 4) is 0 Å². The van der Waals surface area contributed by atoms with E-state index in [0.29, 0.717) is 24.3 Å². The molecule has 5 nitrogen and oxygen atoms in total. The number of hydrogen-bond acceptors (Lipinski definition) is 4. The first-order chi connectivity index (χ1) is 10.2. The van der Waals surface area contributed by atoms with Crippen LogP contribution >= 0.6 is 0 Å². The van der Waals surface area contributed by atoms with E-state index in [9.17, 15) is 4.79 Å². The number of aryl methyl sites for hydroxylation is 1. The van der Waals surface area contributed by atoms with Crippen LogP contribution in [0.5, 0.6) is 0 Å². The van der Waals surface area contributed by atoms with Gasteiger partial charge in [0.15, 0.2) is 5.58 Å². The Bertz CT molecular complexity index is 674. The molecule has 112 valence electrons. The van der Waals surface area contributed by atoms with E-state index in [2.05, 4.69) is 4.98 Å². The fourth-order valence-electron chi connectivity index (χ4n) is 3.06. The van der Waals surface area contributed by atoms with Crippen molar-refractivity contribution in [2.24, 2.45) is 0 Å². The van der Waals surface area contributed by atoms with Crippen molar-refractivity contribution >= 4 is 17.1 Å². The maximum atomic E-state index is 11.1. The minimum atomic E-state index is -1.13. The molecule has 1 aliphatic rings. The lowest BCUT2D eigenvalue weighted by molar-refractivity contribution is 0.0656. The largest absolute Gasteiger partial charge is 0.474 e. The van der Waals surface area contributed by atoms with Gasteiger partial charge < -0.3 is 14.3 Å². The molecule has 1 heterocycles. The molecule has 0 fully saturated rings. The van der Waals surface area contributed by atoms with Crippen LogP contribution in [-0.2, 0) is 24.0 Å². The molecule has 0 aliphatic heterocycles. The minimum absolute atomic E-state index is 0.231. The Morgan fingerprint density at radius 2 is 2.24 bits per heavy atom. The number of ether oxygens (including phenoxy) is 1. The Morgan fingerprint density at radius 1 is 1.43 bits per heavy atom. The molecule has 2 aromatic rings. The first-order valence-electron chi connectivity index (χ1n) is 7.46. The summed E-state index contributed by atoms with van der Waals surface area (Å²) in [5.74, 6) is -1.36. The van der Waals surface area contributed by atoms with E-state index in [1.165, 1.54) is 24.0 Å². The number of benzene rings is 1. The number of aromatic carboxylic acids is 1. The van der Waals surface area contributed by atoms with Gasteiger partial charge in [0.05, 0.1) is 6.61 Å². The van der Waals surface area contributed by atoms with Crippen LogP contribution in [0, 0.1) is 0 Å². The number of fused-ring (bicyclic) bond motifs is 2. The first-order valence-corrected chi connectivity index (χ1v) is 7.46. The Labute approximate surface area is 122 Å². The van der Waals surface area contributed by atoms with Crippen molar-refractivity contribution in [1.82, 2.24) is 4.98 Å². The van der Waals surface area contributed by atoms with Crippen molar-refractivity contribution in [1.29, 1.82) is 0 Å². The summed E-state index contributed by atoms with van der Waals surface area (Å²) in [6.07, 6.45) is 5.14. The number of hydrogen-bond donors (Lipinski definition) is 1. The van der Waals surface area contributed by atoms with E-state index < -0.39 is 5.97 Å². The lowest BCUT2D eigenvalue weighted by Crippen LogP contribution is -2.09. The number of carboxylic acids is 1. The number of nitrogens with zero attached hydrogens (tertiary/aromatic N) is 1. The van der Waals surface area contributed by atoms with Gasteiger partial charge in [-0.3, -0.25) is 0 Å². The second-order valence-electron chi connectivity index (χ2n) is 5.32. The SMILES string of the molecule is CCOCCc1c2c(cc3oc(C(=O)O)nc13)CCCC2. The molecule has 0 spiro atoms. The van der Waals surface area contributed by atoms with E-state index in [1.54, 1.807) is 0 Å². The number of rotatable bonds is 5. The van der Waals surface area contributed by atoms with Crippen LogP contribution in [0.4, 0.5) is 0 Å². The lowest BCUT2D eigenvalue weighted by Gasteiger charge is -2.19. The second-order valence-corrected chi connectivity index (χ2v) is 5.32. The molecule has 21 heavy (non-hydrogen) atoms. The van der Waals surface area contributed by atoms with Crippen molar-refractivity contribution in [3.05, 3.63) is 28.6 Å². The highest BCUT2D eigenvalue weighted by atomic mass is 16.5. The standard InChI is InChI=1S/C16H19NO4/c1-2-20-8-7-12-11-6-4-3-5-10(11)9-13-14(12)17-15(21-13)16(18)19/h9H,2-8H2,1H3,(H,18,19). The van der Waals surface area contributed by atoms with Crippen molar-refractivity contribution in [2.45, 2.75) is 39.0 Å². The van der Waals surface area contributed by atoms with Gasteiger partial charge in [-0.05, 0) is 61.8 Å². The van der Waals surface area contributed by atoms with E-state index >= 15 is 0 Å². The van der Waals surface area contributed by atoms with Crippen LogP contribution in [0.25, 0.3) is 11.1 Å². The Morgan fingerprint density at radius 3 is 3.00 bits per heavy atom. The van der Waals surface area contributed by atoms with Gasteiger partial charge >= 0.3 is 11.9 Å². The maximum Gasteiger partial charge on any atom is 0.392 e. The highest BCUT2D eigenvalue weighted by Crippen LogP contribution is 2.32. The monoisotopic (exact) mass is 289 g/mol. The van der Waals surface area contributed by atoms with E-state index in [0.717, 1.165) is 24.8 Å². The minimum Gasteiger partial charge on any atom is -0.474 e. The lowest BCUT2D eigenvalue weighted by atomic mass is 9.86. The first kappa shape index (κ1) is 14.1. The number of oxazole rings is 1. The van der Waals surface area contributed by atoms with E-state index in [4.69, 9.17) is 14.3 Å². The van der Waals surface area contributed by atoms with Crippen molar-refractivity contribution in [3.63, 3.8) is 0 Å². The van der Waals surface area contributed by atoms with Crippen LogP contribution in [0.2, 0.25) is 0 Å². The zero-order valence-electron chi connectivity index (χ0n) is 12.1. The Hall–Kier alpha value is -1.88. The topological polar surface area (TPSA) is 72.6 Å². The molecule has 5 heteroatoms. The van der Waals surface area contributed by atoms with Crippen LogP contribution < -0.4 is 0 Å². The van der Waals surface area contributed by atoms with Gasteiger partial charge in [0.1, 0.15) is 5.52 Å². The highest BCUT2D eigenvalue weighted by Gasteiger charge is 2.22. The van der Waals surface area contributed by atoms with Gasteiger partial charge in [-0.15, -0.1) is 0 Å². The summed E-state index contributed by atoms with van der Waals surface area (Å²) in [6, 6.07) is 1.97. The number of carbonyl (C=O) groups is 1. The van der Waals surface area contributed by atoms with Gasteiger partial charge in [-0.1, -0.05) is 0 Å². The molecule has 0 unspecified atom stereocenters. The smallest absolute Gasteiger partial charge is 0.392 e. The van der Waals surface area contributed by atoms with Gasteiger partial charge in [0, 0.05) is 6.61 Å². The molecule has 0 saturated carbocycles. The quantitative estimate of drug-likeness (QED) is 0.857. The Kier molecular flexibility index (Phi) is 3.92. The molecule has 0 atom stereocenters. The second kappa shape index (κ2) is 5.85. The Balaban J connectivity index is 2.11. The number of carboxylic acid groups (broad SMARTS) is 1. The predicted molar refractivity (Wildman–Crippen MR) is 77.8 cm³/mol. The van der Waals surface area contributed by atoms with Crippen LogP contribution in [0.15, 0.2) is 10.5 Å². The summed E-state index contributed by atoms with van der Waals surface area (Å²) >= 11 is 0. The molecule has 0 bridgehead atoms. The van der Waals surface area contributed by atoms with E-state index in [1.807, 2.05) is 13.0 Å². The average molecular weight is 289 g/mol. The van der Waals surface area contributed by atoms with Gasteiger partial charge in [0.2, 0.25) is 0 Å². The summed E-state index contributed by atoms with van der Waals surface area (Å²) in [6.45, 7) is 3.27. The van der Waals surface area contributed by atoms with Gasteiger partial charge in [-0.25, -0.2) is 9.78 Å². The molecule has 0 saturated heterocycles. The van der Waals surface area contributed by atoms with Crippen LogP contribution in [0.3, 0.4) is 0 Å². The normalized spacial score (nSPS) is 14.3. The molecule has 0 radical (unpaired) electrons. The summed E-state index contributed by atoms with van der Waals surface area (Å²) in [5.41, 5.74) is 4.96. The summed E-state index contributed by atoms with van der Waals surface area (Å²) in [4.78, 5) is 15.3. The molecule has 1 aromatic carbocycles. The zero-order chi connectivity index (χ0) is 14.8. The average Bonchev–Trinajstić information content (AvgIpc) is 2.90. The zero-order valence-corrected chi connectivity index (χ0v) is 12.1. The fourth-order valence-corrected chi connectivity index (χ4v) is 3.06. The molecule has 1 aromatic heterocycles. The molecule has 0 amide bonds. The van der Waals surface area contributed by atoms with Gasteiger partial charge in [-0.2, -0.15) is 0 Å². The van der Waals surface area contributed by atoms with Crippen LogP contribution in [-0.4, -0.2) is 29.3 Å². The maximum absolute atomic E-state index is 11.1. The third-order valence-corrected chi connectivity index (χ3v) is 4.00. The van der Waals surface area contributed by atoms with Crippen molar-refractivity contribution in [2.75, 3.05) is 13.2 Å². The molecular weight excluding hydrogens is 270 g/mol. The van der Waals surface area contributed by atoms with Gasteiger partial charge in [0.25, 0.3) is 0 Å². The summed E-state index contributed by atoms with van der Waals surface area (Å²) < 4.78 is 10.8. The third kappa shape index (κ3) is 2.65. The molecule has 1 aliphatic carbocycles. The van der Waals surface area contributed by atoms with Crippen molar-refractivity contribution < 1.29 is 19.1 Å². The molecule has 3 rings (SSSR count).